The SMILES string of the molecule is CC(C)CNC(=O)N1CCCC(C(=O)NCC2CNCC2O)C1. The van der Waals surface area contributed by atoms with E-state index in [-0.39, 0.29) is 29.9 Å². The fourth-order valence-electron chi connectivity index (χ4n) is 3.08. The van der Waals surface area contributed by atoms with Crippen molar-refractivity contribution in [3.8, 4) is 0 Å². The molecule has 0 aliphatic carbocycles. The van der Waals surface area contributed by atoms with Crippen LogP contribution in [0.25, 0.3) is 0 Å². The van der Waals surface area contributed by atoms with Gasteiger partial charge in [0.1, 0.15) is 0 Å². The molecular formula is C16H30N4O3. The summed E-state index contributed by atoms with van der Waals surface area (Å²) < 4.78 is 0. The Morgan fingerprint density at radius 2 is 2.09 bits per heavy atom. The minimum Gasteiger partial charge on any atom is -0.391 e. The topological polar surface area (TPSA) is 93.7 Å². The molecule has 2 fully saturated rings. The number of β-amino-alcohol motifs (C(OH)–C–C–N with tert-alkyl or cyclic N) is 1. The van der Waals surface area contributed by atoms with E-state index in [0.717, 1.165) is 19.4 Å². The Bertz CT molecular complexity index is 416. The first-order valence-electron chi connectivity index (χ1n) is 8.66. The number of carbonyl (C=O) groups excluding carboxylic acids is 2. The van der Waals surface area contributed by atoms with Crippen LogP contribution in [0.1, 0.15) is 26.7 Å². The number of aliphatic hydroxyl groups is 1. The fourth-order valence-corrected chi connectivity index (χ4v) is 3.08. The minimum atomic E-state index is -0.389. The summed E-state index contributed by atoms with van der Waals surface area (Å²) >= 11 is 0. The summed E-state index contributed by atoms with van der Waals surface area (Å²) in [5.41, 5.74) is 0. The standard InChI is InChI=1S/C16H30N4O3/c1-11(2)6-19-16(23)20-5-3-4-12(10-20)15(22)18-8-13-7-17-9-14(13)21/h11-14,17,21H,3-10H2,1-2H3,(H,18,22)(H,19,23). The Hall–Kier alpha value is -1.34. The van der Waals surface area contributed by atoms with Gasteiger partial charge in [0.15, 0.2) is 0 Å². The van der Waals surface area contributed by atoms with Crippen molar-refractivity contribution in [3.05, 3.63) is 0 Å². The largest absolute Gasteiger partial charge is 0.391 e. The van der Waals surface area contributed by atoms with E-state index in [2.05, 4.69) is 29.8 Å². The van der Waals surface area contributed by atoms with Crippen LogP contribution in [0.5, 0.6) is 0 Å². The first kappa shape index (κ1) is 18.0. The molecule has 0 radical (unpaired) electrons. The summed E-state index contributed by atoms with van der Waals surface area (Å²) in [6, 6.07) is -0.0772. The van der Waals surface area contributed by atoms with Gasteiger partial charge in [0.05, 0.1) is 12.0 Å². The normalized spacial score (nSPS) is 28.0. The zero-order valence-electron chi connectivity index (χ0n) is 14.2. The Labute approximate surface area is 138 Å². The van der Waals surface area contributed by atoms with Crippen molar-refractivity contribution in [2.75, 3.05) is 39.3 Å². The molecule has 0 aromatic rings. The second-order valence-corrected chi connectivity index (χ2v) is 7.10. The van der Waals surface area contributed by atoms with E-state index >= 15 is 0 Å². The first-order valence-corrected chi connectivity index (χ1v) is 8.66. The van der Waals surface area contributed by atoms with Gasteiger partial charge in [-0.1, -0.05) is 13.8 Å². The first-order chi connectivity index (χ1) is 11.0. The highest BCUT2D eigenvalue weighted by molar-refractivity contribution is 5.80. The molecule has 3 amide bonds. The molecule has 0 aromatic carbocycles. The number of aliphatic hydroxyl groups excluding tert-OH is 1. The molecule has 7 heteroatoms. The summed E-state index contributed by atoms with van der Waals surface area (Å²) in [6.07, 6.45) is 1.27. The lowest BCUT2D eigenvalue weighted by molar-refractivity contribution is -0.126. The molecule has 0 bridgehead atoms. The molecule has 132 valence electrons. The average Bonchev–Trinajstić information content (AvgIpc) is 2.95. The van der Waals surface area contributed by atoms with Crippen molar-refractivity contribution in [1.29, 1.82) is 0 Å². The zero-order chi connectivity index (χ0) is 16.8. The van der Waals surface area contributed by atoms with Crippen molar-refractivity contribution in [2.24, 2.45) is 17.8 Å². The third-order valence-electron chi connectivity index (χ3n) is 4.58. The van der Waals surface area contributed by atoms with Gasteiger partial charge in [-0.2, -0.15) is 0 Å². The smallest absolute Gasteiger partial charge is 0.317 e. The highest BCUT2D eigenvalue weighted by Gasteiger charge is 2.30. The number of likely N-dealkylation sites (tertiary alicyclic amines) is 1. The molecule has 2 saturated heterocycles. The van der Waals surface area contributed by atoms with Crippen LogP contribution in [0.2, 0.25) is 0 Å². The predicted molar refractivity (Wildman–Crippen MR) is 87.9 cm³/mol. The van der Waals surface area contributed by atoms with Gasteiger partial charge in [-0.3, -0.25) is 4.79 Å². The number of urea groups is 1. The maximum atomic E-state index is 12.3. The Morgan fingerprint density at radius 1 is 1.30 bits per heavy atom. The van der Waals surface area contributed by atoms with Gasteiger partial charge in [-0.15, -0.1) is 0 Å². The molecule has 2 heterocycles. The second-order valence-electron chi connectivity index (χ2n) is 7.10. The molecule has 3 atom stereocenters. The van der Waals surface area contributed by atoms with Gasteiger partial charge in [0.25, 0.3) is 0 Å². The lowest BCUT2D eigenvalue weighted by Crippen LogP contribution is -2.50. The number of nitrogens with zero attached hydrogens (tertiary/aromatic N) is 1. The molecular weight excluding hydrogens is 296 g/mol. The quantitative estimate of drug-likeness (QED) is 0.561. The molecule has 3 unspecified atom stereocenters. The fraction of sp³-hybridized carbons (Fsp3) is 0.875. The maximum Gasteiger partial charge on any atom is 0.317 e. The molecule has 2 rings (SSSR count). The van der Waals surface area contributed by atoms with Crippen LogP contribution in [0.3, 0.4) is 0 Å². The molecule has 0 spiro atoms. The van der Waals surface area contributed by atoms with Gasteiger partial charge in [-0.25, -0.2) is 4.79 Å². The summed E-state index contributed by atoms with van der Waals surface area (Å²) in [4.78, 5) is 26.2. The second kappa shape index (κ2) is 8.49. The molecule has 0 saturated carbocycles. The van der Waals surface area contributed by atoms with Crippen LogP contribution < -0.4 is 16.0 Å². The average molecular weight is 326 g/mol. The third-order valence-corrected chi connectivity index (χ3v) is 4.58. The van der Waals surface area contributed by atoms with Gasteiger partial charge in [0.2, 0.25) is 5.91 Å². The number of nitrogens with one attached hydrogen (secondary N) is 3. The molecule has 4 N–H and O–H groups in total. The van der Waals surface area contributed by atoms with Crippen LogP contribution >= 0.6 is 0 Å². The van der Waals surface area contributed by atoms with E-state index in [0.29, 0.717) is 38.6 Å². The monoisotopic (exact) mass is 326 g/mol. The predicted octanol–water partition coefficient (Wildman–Crippen LogP) is -0.239. The van der Waals surface area contributed by atoms with Crippen molar-refractivity contribution in [2.45, 2.75) is 32.8 Å². The molecule has 2 aliphatic heterocycles. The van der Waals surface area contributed by atoms with Crippen molar-refractivity contribution in [3.63, 3.8) is 0 Å². The number of rotatable bonds is 5. The van der Waals surface area contributed by atoms with E-state index in [1.54, 1.807) is 4.90 Å². The van der Waals surface area contributed by atoms with Crippen LogP contribution in [0.4, 0.5) is 4.79 Å². The van der Waals surface area contributed by atoms with Crippen molar-refractivity contribution >= 4 is 11.9 Å². The Kier molecular flexibility index (Phi) is 6.65. The Balaban J connectivity index is 1.75. The molecule has 23 heavy (non-hydrogen) atoms. The van der Waals surface area contributed by atoms with E-state index in [4.69, 9.17) is 0 Å². The number of hydrogen-bond acceptors (Lipinski definition) is 4. The van der Waals surface area contributed by atoms with Crippen LogP contribution in [-0.4, -0.2) is 67.3 Å². The number of carbonyl (C=O) groups is 2. The molecule has 2 aliphatic rings. The lowest BCUT2D eigenvalue weighted by Gasteiger charge is -2.32. The van der Waals surface area contributed by atoms with Crippen molar-refractivity contribution < 1.29 is 14.7 Å². The van der Waals surface area contributed by atoms with E-state index in [1.165, 1.54) is 0 Å². The van der Waals surface area contributed by atoms with Gasteiger partial charge in [0, 0.05) is 45.2 Å². The van der Waals surface area contributed by atoms with E-state index < -0.39 is 0 Å². The number of piperidine rings is 1. The summed E-state index contributed by atoms with van der Waals surface area (Å²) in [6.45, 7) is 7.75. The molecule has 0 aromatic heterocycles. The highest BCUT2D eigenvalue weighted by atomic mass is 16.3. The van der Waals surface area contributed by atoms with E-state index in [9.17, 15) is 14.7 Å². The van der Waals surface area contributed by atoms with Crippen LogP contribution in [0.15, 0.2) is 0 Å². The van der Waals surface area contributed by atoms with Crippen molar-refractivity contribution in [1.82, 2.24) is 20.9 Å². The van der Waals surface area contributed by atoms with Crippen LogP contribution in [0, 0.1) is 17.8 Å². The van der Waals surface area contributed by atoms with Gasteiger partial charge in [-0.05, 0) is 18.8 Å². The zero-order valence-corrected chi connectivity index (χ0v) is 14.2. The highest BCUT2D eigenvalue weighted by Crippen LogP contribution is 2.17. The number of amides is 3. The van der Waals surface area contributed by atoms with Crippen LogP contribution in [-0.2, 0) is 4.79 Å². The van der Waals surface area contributed by atoms with E-state index in [1.807, 2.05) is 0 Å². The maximum absolute atomic E-state index is 12.3. The Morgan fingerprint density at radius 3 is 2.74 bits per heavy atom. The summed E-state index contributed by atoms with van der Waals surface area (Å²) in [5.74, 6) is 0.327. The minimum absolute atomic E-state index is 0.00883. The molecule has 7 nitrogen and oxygen atoms in total. The number of hydrogen-bond donors (Lipinski definition) is 4. The summed E-state index contributed by atoms with van der Waals surface area (Å²) in [5, 5.41) is 18.7. The lowest BCUT2D eigenvalue weighted by atomic mass is 9.97. The third kappa shape index (κ3) is 5.35. The van der Waals surface area contributed by atoms with Gasteiger partial charge < -0.3 is 26.0 Å². The summed E-state index contributed by atoms with van der Waals surface area (Å²) in [7, 11) is 0. The van der Waals surface area contributed by atoms with Gasteiger partial charge >= 0.3 is 6.03 Å².